The highest BCUT2D eigenvalue weighted by atomic mass is 16.5. The SMILES string of the molecule is COc1ccccc1OCCN(C(N)=O)c1ccncc1. The average Bonchev–Trinajstić information content (AvgIpc) is 2.52. The van der Waals surface area contributed by atoms with Crippen molar-refractivity contribution in [3.8, 4) is 11.5 Å². The number of methoxy groups -OCH3 is 1. The summed E-state index contributed by atoms with van der Waals surface area (Å²) < 4.78 is 10.8. The number of urea groups is 1. The molecule has 0 aliphatic carbocycles. The summed E-state index contributed by atoms with van der Waals surface area (Å²) in [5, 5.41) is 0. The number of carbonyl (C=O) groups is 1. The minimum atomic E-state index is -0.537. The normalized spacial score (nSPS) is 9.95. The van der Waals surface area contributed by atoms with Gasteiger partial charge in [0.25, 0.3) is 0 Å². The summed E-state index contributed by atoms with van der Waals surface area (Å²) in [5.74, 6) is 1.27. The summed E-state index contributed by atoms with van der Waals surface area (Å²) in [6.45, 7) is 0.628. The van der Waals surface area contributed by atoms with Gasteiger partial charge in [0.05, 0.1) is 13.7 Å². The predicted molar refractivity (Wildman–Crippen MR) is 79.7 cm³/mol. The maximum Gasteiger partial charge on any atom is 0.319 e. The molecule has 0 unspecified atom stereocenters. The molecular formula is C15H17N3O3. The van der Waals surface area contributed by atoms with Crippen LogP contribution < -0.4 is 20.1 Å². The number of carbonyl (C=O) groups excluding carboxylic acids is 1. The molecule has 2 N–H and O–H groups in total. The number of hydrogen-bond acceptors (Lipinski definition) is 4. The fourth-order valence-corrected chi connectivity index (χ4v) is 1.88. The summed E-state index contributed by atoms with van der Waals surface area (Å²) in [6.07, 6.45) is 3.21. The Morgan fingerprint density at radius 2 is 1.86 bits per heavy atom. The van der Waals surface area contributed by atoms with Crippen molar-refractivity contribution < 1.29 is 14.3 Å². The molecule has 0 saturated carbocycles. The van der Waals surface area contributed by atoms with Crippen molar-refractivity contribution >= 4 is 11.7 Å². The number of aromatic nitrogens is 1. The molecule has 0 saturated heterocycles. The number of primary amides is 1. The number of anilines is 1. The van der Waals surface area contributed by atoms with E-state index in [2.05, 4.69) is 4.98 Å². The molecule has 0 spiro atoms. The van der Waals surface area contributed by atoms with Gasteiger partial charge in [0.1, 0.15) is 6.61 Å². The molecule has 0 radical (unpaired) electrons. The highest BCUT2D eigenvalue weighted by molar-refractivity contribution is 5.90. The molecule has 0 atom stereocenters. The molecule has 1 heterocycles. The zero-order chi connectivity index (χ0) is 15.1. The van der Waals surface area contributed by atoms with Crippen LogP contribution in [-0.4, -0.2) is 31.3 Å². The molecular weight excluding hydrogens is 270 g/mol. The lowest BCUT2D eigenvalue weighted by Gasteiger charge is -2.20. The number of ether oxygens (including phenoxy) is 2. The standard InChI is InChI=1S/C15H17N3O3/c1-20-13-4-2-3-5-14(13)21-11-10-18(15(16)19)12-6-8-17-9-7-12/h2-9H,10-11H2,1H3,(H2,16,19). The minimum Gasteiger partial charge on any atom is -0.493 e. The van der Waals surface area contributed by atoms with Crippen molar-refractivity contribution in [3.05, 3.63) is 48.8 Å². The molecule has 0 bridgehead atoms. The zero-order valence-corrected chi connectivity index (χ0v) is 11.7. The third kappa shape index (κ3) is 3.85. The van der Waals surface area contributed by atoms with Crippen LogP contribution in [0.25, 0.3) is 0 Å². The lowest BCUT2D eigenvalue weighted by molar-refractivity contribution is 0.250. The van der Waals surface area contributed by atoms with Gasteiger partial charge in [-0.2, -0.15) is 0 Å². The second-order valence-corrected chi connectivity index (χ2v) is 4.19. The Morgan fingerprint density at radius 1 is 1.19 bits per heavy atom. The van der Waals surface area contributed by atoms with Gasteiger partial charge >= 0.3 is 6.03 Å². The van der Waals surface area contributed by atoms with Gasteiger partial charge < -0.3 is 15.2 Å². The van der Waals surface area contributed by atoms with E-state index >= 15 is 0 Å². The van der Waals surface area contributed by atoms with E-state index in [1.807, 2.05) is 18.2 Å². The Bertz CT molecular complexity index is 590. The van der Waals surface area contributed by atoms with Crippen molar-refractivity contribution in [2.75, 3.05) is 25.2 Å². The van der Waals surface area contributed by atoms with Gasteiger partial charge in [-0.15, -0.1) is 0 Å². The first-order chi connectivity index (χ1) is 10.2. The molecule has 110 valence electrons. The van der Waals surface area contributed by atoms with Gasteiger partial charge in [0, 0.05) is 18.1 Å². The van der Waals surface area contributed by atoms with Crippen LogP contribution >= 0.6 is 0 Å². The Morgan fingerprint density at radius 3 is 2.48 bits per heavy atom. The van der Waals surface area contributed by atoms with Gasteiger partial charge in [0.2, 0.25) is 0 Å². The van der Waals surface area contributed by atoms with Crippen molar-refractivity contribution in [2.24, 2.45) is 5.73 Å². The molecule has 1 aromatic heterocycles. The summed E-state index contributed by atoms with van der Waals surface area (Å²) in [4.78, 5) is 16.9. The van der Waals surface area contributed by atoms with E-state index in [0.717, 1.165) is 0 Å². The van der Waals surface area contributed by atoms with Crippen LogP contribution in [0.3, 0.4) is 0 Å². The van der Waals surface area contributed by atoms with Crippen molar-refractivity contribution in [2.45, 2.75) is 0 Å². The van der Waals surface area contributed by atoms with Crippen LogP contribution in [0.4, 0.5) is 10.5 Å². The Balaban J connectivity index is 1.99. The van der Waals surface area contributed by atoms with Crippen LogP contribution in [0, 0.1) is 0 Å². The quantitative estimate of drug-likeness (QED) is 0.882. The van der Waals surface area contributed by atoms with E-state index in [-0.39, 0.29) is 0 Å². The fourth-order valence-electron chi connectivity index (χ4n) is 1.88. The topological polar surface area (TPSA) is 77.7 Å². The van der Waals surface area contributed by atoms with Crippen LogP contribution in [0.1, 0.15) is 0 Å². The first-order valence-electron chi connectivity index (χ1n) is 6.45. The van der Waals surface area contributed by atoms with Crippen molar-refractivity contribution in [1.82, 2.24) is 4.98 Å². The average molecular weight is 287 g/mol. The maximum absolute atomic E-state index is 11.5. The molecule has 6 heteroatoms. The molecule has 0 aliphatic heterocycles. The molecule has 6 nitrogen and oxygen atoms in total. The number of hydrogen-bond donors (Lipinski definition) is 1. The number of rotatable bonds is 6. The Kier molecular flexibility index (Phi) is 4.98. The van der Waals surface area contributed by atoms with Crippen LogP contribution in [0.15, 0.2) is 48.8 Å². The van der Waals surface area contributed by atoms with E-state index in [4.69, 9.17) is 15.2 Å². The second-order valence-electron chi connectivity index (χ2n) is 4.19. The first-order valence-corrected chi connectivity index (χ1v) is 6.45. The van der Waals surface area contributed by atoms with Crippen LogP contribution in [0.5, 0.6) is 11.5 Å². The molecule has 1 aromatic carbocycles. The van der Waals surface area contributed by atoms with E-state index in [0.29, 0.717) is 30.3 Å². The fraction of sp³-hybridized carbons (Fsp3) is 0.200. The molecule has 2 amide bonds. The monoisotopic (exact) mass is 287 g/mol. The smallest absolute Gasteiger partial charge is 0.319 e. The largest absolute Gasteiger partial charge is 0.493 e. The van der Waals surface area contributed by atoms with Gasteiger partial charge in [-0.25, -0.2) is 4.79 Å². The second kappa shape index (κ2) is 7.14. The lowest BCUT2D eigenvalue weighted by atomic mass is 10.3. The molecule has 0 aliphatic rings. The highest BCUT2D eigenvalue weighted by Gasteiger charge is 2.12. The van der Waals surface area contributed by atoms with E-state index < -0.39 is 6.03 Å². The highest BCUT2D eigenvalue weighted by Crippen LogP contribution is 2.25. The number of amides is 2. The van der Waals surface area contributed by atoms with E-state index in [1.165, 1.54) is 4.90 Å². The number of nitrogens with two attached hydrogens (primary N) is 1. The number of nitrogens with zero attached hydrogens (tertiary/aromatic N) is 2. The summed E-state index contributed by atoms with van der Waals surface area (Å²) in [5.41, 5.74) is 6.07. The minimum absolute atomic E-state index is 0.297. The first kappa shape index (κ1) is 14.6. The molecule has 2 rings (SSSR count). The predicted octanol–water partition coefficient (Wildman–Crippen LogP) is 2.05. The summed E-state index contributed by atoms with van der Waals surface area (Å²) >= 11 is 0. The van der Waals surface area contributed by atoms with Gasteiger partial charge in [-0.05, 0) is 24.3 Å². The Labute approximate surface area is 123 Å². The van der Waals surface area contributed by atoms with Crippen LogP contribution in [-0.2, 0) is 0 Å². The summed E-state index contributed by atoms with van der Waals surface area (Å²) in [7, 11) is 1.58. The van der Waals surface area contributed by atoms with Gasteiger partial charge in [-0.3, -0.25) is 9.88 Å². The lowest BCUT2D eigenvalue weighted by Crippen LogP contribution is -2.38. The molecule has 0 fully saturated rings. The number of benzene rings is 1. The van der Waals surface area contributed by atoms with Crippen molar-refractivity contribution in [3.63, 3.8) is 0 Å². The van der Waals surface area contributed by atoms with E-state index in [9.17, 15) is 4.79 Å². The molecule has 21 heavy (non-hydrogen) atoms. The third-order valence-electron chi connectivity index (χ3n) is 2.88. The zero-order valence-electron chi connectivity index (χ0n) is 11.7. The maximum atomic E-state index is 11.5. The van der Waals surface area contributed by atoms with Gasteiger partial charge in [-0.1, -0.05) is 12.1 Å². The van der Waals surface area contributed by atoms with E-state index in [1.54, 1.807) is 37.7 Å². The summed E-state index contributed by atoms with van der Waals surface area (Å²) in [6, 6.07) is 10.2. The third-order valence-corrected chi connectivity index (χ3v) is 2.88. The molecule has 2 aromatic rings. The number of pyridine rings is 1. The Hall–Kier alpha value is -2.76. The number of para-hydroxylation sites is 2. The van der Waals surface area contributed by atoms with Crippen LogP contribution in [0.2, 0.25) is 0 Å². The van der Waals surface area contributed by atoms with Crippen molar-refractivity contribution in [1.29, 1.82) is 0 Å². The van der Waals surface area contributed by atoms with Gasteiger partial charge in [0.15, 0.2) is 11.5 Å².